The smallest absolute Gasteiger partial charge is 0.227 e. The first kappa shape index (κ1) is 23.5. The molecule has 4 heteroatoms. The van der Waals surface area contributed by atoms with E-state index in [1.807, 2.05) is 36.4 Å². The number of hydrogen-bond acceptors (Lipinski definition) is 3. The van der Waals surface area contributed by atoms with E-state index < -0.39 is 12.7 Å². The van der Waals surface area contributed by atoms with Crippen LogP contribution < -0.4 is 0 Å². The number of imidazole rings is 1. The van der Waals surface area contributed by atoms with Crippen LogP contribution in [0.25, 0.3) is 50.2 Å². The van der Waals surface area contributed by atoms with E-state index in [0.717, 1.165) is 70.1 Å². The van der Waals surface area contributed by atoms with E-state index in [9.17, 15) is 1.37 Å². The number of furan rings is 1. The first-order valence-electron chi connectivity index (χ1n) is 17.7. The maximum absolute atomic E-state index is 9.69. The van der Waals surface area contributed by atoms with Crippen LogP contribution in [-0.2, 0) is 0 Å². The molecule has 0 aliphatic heterocycles. The Bertz CT molecular complexity index is 2110. The third-order valence-corrected chi connectivity index (χ3v) is 9.42. The van der Waals surface area contributed by atoms with Crippen molar-refractivity contribution in [1.82, 2.24) is 14.5 Å². The van der Waals surface area contributed by atoms with E-state index in [1.54, 1.807) is 12.1 Å². The van der Waals surface area contributed by atoms with Gasteiger partial charge >= 0.3 is 0 Å². The van der Waals surface area contributed by atoms with Crippen molar-refractivity contribution in [3.05, 3.63) is 89.1 Å². The molecule has 0 saturated heterocycles. The number of nitrogens with zero attached hydrogens (tertiary/aromatic N) is 3. The fourth-order valence-corrected chi connectivity index (χ4v) is 6.83. The maximum Gasteiger partial charge on any atom is 0.227 e. The molecule has 0 N–H and O–H groups in total. The minimum absolute atomic E-state index is 0.00905. The Hall–Kier alpha value is -3.92. The second-order valence-electron chi connectivity index (χ2n) is 13.7. The monoisotopic (exact) mass is 573 g/mol. The van der Waals surface area contributed by atoms with Gasteiger partial charge in [0.15, 0.2) is 0 Å². The van der Waals surface area contributed by atoms with Crippen LogP contribution in [0.4, 0.5) is 0 Å². The first-order chi connectivity index (χ1) is 22.2. The van der Waals surface area contributed by atoms with Crippen molar-refractivity contribution in [2.45, 2.75) is 91.8 Å². The Morgan fingerprint density at radius 3 is 2.30 bits per heavy atom. The Balaban J connectivity index is 1.51. The predicted molar refractivity (Wildman–Crippen MR) is 179 cm³/mol. The lowest BCUT2D eigenvalue weighted by molar-refractivity contribution is 0.224. The molecule has 4 nitrogen and oxygen atoms in total. The summed E-state index contributed by atoms with van der Waals surface area (Å²) in [5.74, 6) is 0.541. The minimum Gasteiger partial charge on any atom is -0.437 e. The molecule has 0 atom stereocenters. The van der Waals surface area contributed by atoms with Crippen LogP contribution in [0.1, 0.15) is 113 Å². The summed E-state index contributed by atoms with van der Waals surface area (Å²) in [5.41, 5.74) is 8.52. The van der Waals surface area contributed by atoms with Gasteiger partial charge < -0.3 is 4.42 Å². The van der Waals surface area contributed by atoms with Gasteiger partial charge in [-0.3, -0.25) is 4.57 Å². The van der Waals surface area contributed by atoms with Gasteiger partial charge in [-0.2, -0.15) is 0 Å². The number of hydrogen-bond donors (Lipinski definition) is 0. The third kappa shape index (κ3) is 4.76. The molecule has 0 unspecified atom stereocenters. The van der Waals surface area contributed by atoms with E-state index in [2.05, 4.69) is 69.3 Å². The zero-order valence-electron chi connectivity index (χ0n) is 30.1. The first-order valence-corrected chi connectivity index (χ1v) is 15.7. The Labute approximate surface area is 260 Å². The van der Waals surface area contributed by atoms with E-state index >= 15 is 0 Å². The summed E-state index contributed by atoms with van der Waals surface area (Å²) in [7, 11) is 0. The van der Waals surface area contributed by atoms with Crippen LogP contribution in [0.2, 0.25) is 0 Å². The van der Waals surface area contributed by atoms with E-state index in [-0.39, 0.29) is 22.9 Å². The van der Waals surface area contributed by atoms with Crippen LogP contribution in [-0.4, -0.2) is 14.5 Å². The molecule has 3 aromatic heterocycles. The molecule has 1 fully saturated rings. The number of para-hydroxylation sites is 3. The fourth-order valence-electron chi connectivity index (χ4n) is 6.83. The van der Waals surface area contributed by atoms with Crippen LogP contribution in [0, 0.1) is 12.3 Å². The number of aryl methyl sites for hydroxylation is 1. The molecule has 6 aromatic rings. The van der Waals surface area contributed by atoms with E-state index in [4.69, 9.17) is 13.5 Å². The molecule has 1 aliphatic carbocycles. The largest absolute Gasteiger partial charge is 0.437 e. The second kappa shape index (κ2) is 10.4. The molecule has 43 heavy (non-hydrogen) atoms. The highest BCUT2D eigenvalue weighted by molar-refractivity contribution is 6.08. The number of rotatable bonds is 5. The van der Waals surface area contributed by atoms with E-state index in [1.165, 1.54) is 11.1 Å². The average Bonchev–Trinajstić information content (AvgIpc) is 3.59. The lowest BCUT2D eigenvalue weighted by Gasteiger charge is -2.35. The van der Waals surface area contributed by atoms with Gasteiger partial charge in [0.25, 0.3) is 0 Å². The molecule has 0 spiro atoms. The normalized spacial score (nSPS) is 18.3. The van der Waals surface area contributed by atoms with Crippen molar-refractivity contribution in [1.29, 1.82) is 0 Å². The number of aromatic nitrogens is 3. The Morgan fingerprint density at radius 2 is 1.60 bits per heavy atom. The third-order valence-electron chi connectivity index (χ3n) is 9.42. The molecule has 0 radical (unpaired) electrons. The van der Waals surface area contributed by atoms with Crippen molar-refractivity contribution in [3.63, 3.8) is 0 Å². The van der Waals surface area contributed by atoms with E-state index in [0.29, 0.717) is 11.3 Å². The average molecular weight is 574 g/mol. The van der Waals surface area contributed by atoms with Crippen molar-refractivity contribution < 1.29 is 9.90 Å². The quantitative estimate of drug-likeness (QED) is 0.206. The molecule has 3 heterocycles. The summed E-state index contributed by atoms with van der Waals surface area (Å²) in [6, 6.07) is 22.2. The van der Waals surface area contributed by atoms with Crippen molar-refractivity contribution in [2.75, 3.05) is 0 Å². The van der Waals surface area contributed by atoms with Gasteiger partial charge in [-0.05, 0) is 103 Å². The molecule has 1 saturated carbocycles. The van der Waals surface area contributed by atoms with Gasteiger partial charge in [0.1, 0.15) is 11.4 Å². The summed E-state index contributed by atoms with van der Waals surface area (Å²) in [4.78, 5) is 9.65. The van der Waals surface area contributed by atoms with Gasteiger partial charge in [0.2, 0.25) is 5.71 Å². The highest BCUT2D eigenvalue weighted by Gasteiger charge is 2.30. The molecule has 0 amide bonds. The SMILES string of the molecule is [2H]C([2H])([2H])c1ccc2c(n1)oc1c(-c3nc4ccccc4n3-c3c(C(C)C)cc(C4([2H])CCC(C)(C)CC4)cc3C(C)C)cccc12. The minimum atomic E-state index is -2.33. The highest BCUT2D eigenvalue weighted by Crippen LogP contribution is 2.46. The van der Waals surface area contributed by atoms with Gasteiger partial charge in [-0.15, -0.1) is 0 Å². The Kier molecular flexibility index (Phi) is 5.67. The molecular formula is C39H43N3O. The van der Waals surface area contributed by atoms with Crippen LogP contribution in [0.15, 0.2) is 71.1 Å². The van der Waals surface area contributed by atoms with Gasteiger partial charge in [0.05, 0.1) is 22.3 Å². The second-order valence-corrected chi connectivity index (χ2v) is 13.7. The lowest BCUT2D eigenvalue weighted by Crippen LogP contribution is -2.21. The van der Waals surface area contributed by atoms with Crippen molar-refractivity contribution in [3.8, 4) is 17.1 Å². The predicted octanol–water partition coefficient (Wildman–Crippen LogP) is 11.2. The molecule has 3 aromatic carbocycles. The Morgan fingerprint density at radius 1 is 0.884 bits per heavy atom. The van der Waals surface area contributed by atoms with Crippen LogP contribution >= 0.6 is 0 Å². The maximum atomic E-state index is 9.69. The number of benzene rings is 3. The van der Waals surface area contributed by atoms with Gasteiger partial charge in [-0.25, -0.2) is 9.97 Å². The van der Waals surface area contributed by atoms with Gasteiger partial charge in [-0.1, -0.05) is 77.9 Å². The van der Waals surface area contributed by atoms with Crippen LogP contribution in [0.3, 0.4) is 0 Å². The molecule has 0 bridgehead atoms. The summed E-state index contributed by atoms with van der Waals surface area (Å²) in [5, 5.41) is 1.63. The summed E-state index contributed by atoms with van der Waals surface area (Å²) < 4.78 is 42.0. The fraction of sp³-hybridized carbons (Fsp3) is 0.385. The number of fused-ring (bicyclic) bond motifs is 4. The molecular weight excluding hydrogens is 526 g/mol. The zero-order valence-corrected chi connectivity index (χ0v) is 26.1. The highest BCUT2D eigenvalue weighted by atomic mass is 16.3. The molecule has 7 rings (SSSR count). The molecule has 220 valence electrons. The topological polar surface area (TPSA) is 43.9 Å². The van der Waals surface area contributed by atoms with Crippen molar-refractivity contribution in [2.24, 2.45) is 5.41 Å². The number of pyridine rings is 1. The zero-order chi connectivity index (χ0) is 33.5. The summed E-state index contributed by atoms with van der Waals surface area (Å²) >= 11 is 0. The van der Waals surface area contributed by atoms with Crippen molar-refractivity contribution >= 4 is 33.1 Å². The summed E-state index contributed by atoms with van der Waals surface area (Å²) in [6.07, 6.45) is 3.82. The molecule has 1 aliphatic rings. The van der Waals surface area contributed by atoms with Crippen LogP contribution in [0.5, 0.6) is 0 Å². The van der Waals surface area contributed by atoms with Gasteiger partial charge in [0, 0.05) is 21.9 Å². The lowest BCUT2D eigenvalue weighted by atomic mass is 9.70. The standard InChI is InChI=1S/C39H43N3O/c1-23(2)31-21-27(26-17-19-39(6,7)20-18-26)22-32(24(3)4)35(31)42-34-14-9-8-13-33(34)41-37(42)30-12-10-11-28-29-16-15-25(5)40-38(29)43-36(28)30/h8-16,21-24,26H,17-20H2,1-7H3/i5D3,26D. The summed E-state index contributed by atoms with van der Waals surface area (Å²) in [6.45, 7) is 11.3.